The van der Waals surface area contributed by atoms with Crippen LogP contribution in [0.3, 0.4) is 0 Å². The molecule has 3 aromatic rings. The molecule has 4 heteroatoms. The summed E-state index contributed by atoms with van der Waals surface area (Å²) < 4.78 is 0. The first-order chi connectivity index (χ1) is 13.7. The highest BCUT2D eigenvalue weighted by Gasteiger charge is 2.27. The third-order valence-corrected chi connectivity index (χ3v) is 5.98. The molecule has 2 amide bonds. The van der Waals surface area contributed by atoms with Crippen LogP contribution in [0.15, 0.2) is 60.7 Å². The van der Waals surface area contributed by atoms with E-state index >= 15 is 0 Å². The monoisotopic (exact) mass is 370 g/mol. The molecule has 0 radical (unpaired) electrons. The highest BCUT2D eigenvalue weighted by atomic mass is 16.2. The van der Waals surface area contributed by atoms with Crippen molar-refractivity contribution in [1.82, 2.24) is 9.80 Å². The smallest absolute Gasteiger partial charge is 0.254 e. The molecule has 3 aromatic carbocycles. The second-order valence-corrected chi connectivity index (χ2v) is 7.56. The summed E-state index contributed by atoms with van der Waals surface area (Å²) in [6, 6.07) is 19.7. The Hall–Kier alpha value is -3.14. The van der Waals surface area contributed by atoms with E-state index in [2.05, 4.69) is 24.3 Å². The van der Waals surface area contributed by atoms with Crippen molar-refractivity contribution in [1.29, 1.82) is 0 Å². The Morgan fingerprint density at radius 2 is 1.29 bits per heavy atom. The van der Waals surface area contributed by atoms with E-state index in [0.29, 0.717) is 31.7 Å². The summed E-state index contributed by atoms with van der Waals surface area (Å²) in [4.78, 5) is 29.6. The first-order valence-corrected chi connectivity index (χ1v) is 9.89. The fourth-order valence-corrected chi connectivity index (χ4v) is 4.48. The normalized spacial score (nSPS) is 15.9. The van der Waals surface area contributed by atoms with Crippen LogP contribution in [0.4, 0.5) is 0 Å². The maximum atomic E-state index is 13.2. The molecule has 0 saturated carbocycles. The number of amides is 2. The maximum Gasteiger partial charge on any atom is 0.254 e. The molecule has 0 aromatic heterocycles. The van der Waals surface area contributed by atoms with Gasteiger partial charge in [0.1, 0.15) is 0 Å². The van der Waals surface area contributed by atoms with Crippen LogP contribution in [0.1, 0.15) is 31.8 Å². The quantitative estimate of drug-likeness (QED) is 0.692. The zero-order chi connectivity index (χ0) is 19.1. The minimum Gasteiger partial charge on any atom is -0.335 e. The zero-order valence-corrected chi connectivity index (χ0v) is 15.7. The Bertz CT molecular complexity index is 1060. The lowest BCUT2D eigenvalue weighted by atomic mass is 9.99. The molecule has 1 heterocycles. The molecular formula is C24H22N2O2. The summed E-state index contributed by atoms with van der Waals surface area (Å²) >= 11 is 0. The van der Waals surface area contributed by atoms with E-state index in [1.807, 2.05) is 46.2 Å². The first kappa shape index (κ1) is 17.0. The molecule has 1 fully saturated rings. The van der Waals surface area contributed by atoms with Crippen LogP contribution < -0.4 is 0 Å². The Balaban J connectivity index is 1.35. The van der Waals surface area contributed by atoms with Crippen molar-refractivity contribution < 1.29 is 9.59 Å². The lowest BCUT2D eigenvalue weighted by Crippen LogP contribution is -2.50. The number of carbonyl (C=O) groups is 2. The molecule has 0 N–H and O–H groups in total. The van der Waals surface area contributed by atoms with Gasteiger partial charge in [-0.1, -0.05) is 42.5 Å². The molecule has 5 rings (SSSR count). The second kappa shape index (κ2) is 6.79. The topological polar surface area (TPSA) is 40.6 Å². The number of carbonyl (C=O) groups excluding carboxylic acids is 2. The fraction of sp³-hybridized carbons (Fsp3) is 0.250. The molecule has 2 aliphatic rings. The van der Waals surface area contributed by atoms with Crippen molar-refractivity contribution >= 4 is 22.6 Å². The summed E-state index contributed by atoms with van der Waals surface area (Å²) in [5.74, 6) is 0.112. The first-order valence-electron chi connectivity index (χ1n) is 9.89. The average molecular weight is 370 g/mol. The molecule has 28 heavy (non-hydrogen) atoms. The summed E-state index contributed by atoms with van der Waals surface area (Å²) in [5.41, 5.74) is 4.18. The van der Waals surface area contributed by atoms with Crippen molar-refractivity contribution in [3.63, 3.8) is 0 Å². The molecular weight excluding hydrogens is 348 g/mol. The lowest BCUT2D eigenvalue weighted by molar-refractivity contribution is 0.0536. The Morgan fingerprint density at radius 3 is 2.00 bits per heavy atom. The van der Waals surface area contributed by atoms with E-state index in [9.17, 15) is 9.59 Å². The third-order valence-electron chi connectivity index (χ3n) is 5.98. The van der Waals surface area contributed by atoms with Gasteiger partial charge in [-0.2, -0.15) is 0 Å². The molecule has 0 atom stereocenters. The van der Waals surface area contributed by atoms with Gasteiger partial charge in [-0.3, -0.25) is 9.59 Å². The number of rotatable bonds is 2. The molecule has 0 unspecified atom stereocenters. The van der Waals surface area contributed by atoms with Gasteiger partial charge in [0.25, 0.3) is 11.8 Å². The van der Waals surface area contributed by atoms with E-state index in [4.69, 9.17) is 0 Å². The van der Waals surface area contributed by atoms with Crippen LogP contribution in [-0.4, -0.2) is 47.8 Å². The van der Waals surface area contributed by atoms with E-state index in [-0.39, 0.29) is 11.8 Å². The average Bonchev–Trinajstić information content (AvgIpc) is 3.19. The number of hydrogen-bond acceptors (Lipinski definition) is 2. The number of nitrogens with zero attached hydrogens (tertiary/aromatic N) is 2. The largest absolute Gasteiger partial charge is 0.335 e. The van der Waals surface area contributed by atoms with Crippen LogP contribution >= 0.6 is 0 Å². The van der Waals surface area contributed by atoms with Crippen LogP contribution in [0.5, 0.6) is 0 Å². The van der Waals surface area contributed by atoms with Gasteiger partial charge >= 0.3 is 0 Å². The molecule has 0 spiro atoms. The highest BCUT2D eigenvalue weighted by Crippen LogP contribution is 2.33. The van der Waals surface area contributed by atoms with E-state index in [1.165, 1.54) is 16.5 Å². The number of benzene rings is 3. The van der Waals surface area contributed by atoms with Gasteiger partial charge in [0.05, 0.1) is 0 Å². The van der Waals surface area contributed by atoms with E-state index < -0.39 is 0 Å². The van der Waals surface area contributed by atoms with Crippen molar-refractivity contribution in [3.05, 3.63) is 82.9 Å². The minimum atomic E-state index is 0.0398. The van der Waals surface area contributed by atoms with Gasteiger partial charge in [-0.25, -0.2) is 0 Å². The lowest BCUT2D eigenvalue weighted by Gasteiger charge is -2.35. The molecule has 1 saturated heterocycles. The van der Waals surface area contributed by atoms with Crippen LogP contribution in [0.25, 0.3) is 10.8 Å². The van der Waals surface area contributed by atoms with Crippen LogP contribution in [0, 0.1) is 0 Å². The Labute approximate surface area is 164 Å². The molecule has 0 bridgehead atoms. The standard InChI is InChI=1S/C24H22N2O2/c27-23(19-5-2-1-3-6-19)25-13-15-26(16-14-25)24(28)21-12-11-18-10-9-17-7-4-8-20(21)22(17)18/h1-8,11-12H,9-10,13-16H2. The fourth-order valence-electron chi connectivity index (χ4n) is 4.48. The van der Waals surface area contributed by atoms with Gasteiger partial charge in [-0.15, -0.1) is 0 Å². The molecule has 1 aliphatic heterocycles. The molecule has 4 nitrogen and oxygen atoms in total. The van der Waals surface area contributed by atoms with Gasteiger partial charge in [0.15, 0.2) is 0 Å². The van der Waals surface area contributed by atoms with Crippen LogP contribution in [0.2, 0.25) is 0 Å². The minimum absolute atomic E-state index is 0.0398. The van der Waals surface area contributed by atoms with Crippen molar-refractivity contribution in [2.75, 3.05) is 26.2 Å². The summed E-state index contributed by atoms with van der Waals surface area (Å²) in [6.45, 7) is 2.28. The highest BCUT2D eigenvalue weighted by molar-refractivity contribution is 6.09. The maximum absolute atomic E-state index is 13.2. The Morgan fingerprint density at radius 1 is 0.643 bits per heavy atom. The van der Waals surface area contributed by atoms with Crippen molar-refractivity contribution in [2.45, 2.75) is 12.8 Å². The van der Waals surface area contributed by atoms with Crippen LogP contribution in [-0.2, 0) is 12.8 Å². The van der Waals surface area contributed by atoms with Gasteiger partial charge in [-0.05, 0) is 52.9 Å². The van der Waals surface area contributed by atoms with Crippen molar-refractivity contribution in [2.24, 2.45) is 0 Å². The number of piperazine rings is 1. The van der Waals surface area contributed by atoms with Gasteiger partial charge < -0.3 is 9.80 Å². The predicted octanol–water partition coefficient (Wildman–Crippen LogP) is 3.54. The Kier molecular flexibility index (Phi) is 4.12. The summed E-state index contributed by atoms with van der Waals surface area (Å²) in [6.07, 6.45) is 2.12. The van der Waals surface area contributed by atoms with E-state index in [1.54, 1.807) is 0 Å². The second-order valence-electron chi connectivity index (χ2n) is 7.56. The summed E-state index contributed by atoms with van der Waals surface area (Å²) in [5, 5.41) is 2.34. The van der Waals surface area contributed by atoms with Crippen molar-refractivity contribution in [3.8, 4) is 0 Å². The third kappa shape index (κ3) is 2.76. The number of hydrogen-bond donors (Lipinski definition) is 0. The van der Waals surface area contributed by atoms with Gasteiger partial charge in [0, 0.05) is 37.3 Å². The van der Waals surface area contributed by atoms with E-state index in [0.717, 1.165) is 23.8 Å². The SMILES string of the molecule is O=C(c1ccccc1)N1CCN(C(=O)c2ccc3c4c(cccc24)CC3)CC1. The molecule has 1 aliphatic carbocycles. The number of aryl methyl sites for hydroxylation is 2. The molecule has 140 valence electrons. The summed E-state index contributed by atoms with van der Waals surface area (Å²) in [7, 11) is 0. The van der Waals surface area contributed by atoms with Gasteiger partial charge in [0.2, 0.25) is 0 Å². The predicted molar refractivity (Wildman–Crippen MR) is 110 cm³/mol. The zero-order valence-electron chi connectivity index (χ0n) is 15.7.